The van der Waals surface area contributed by atoms with Crippen LogP contribution in [0.25, 0.3) is 17.0 Å². The molecule has 3 rings (SSSR count). The number of nitrogens with zero attached hydrogens (tertiary/aromatic N) is 4. The van der Waals surface area contributed by atoms with E-state index in [1.165, 1.54) is 0 Å². The predicted molar refractivity (Wildman–Crippen MR) is 68.2 cm³/mol. The minimum Gasteiger partial charge on any atom is -0.360 e. The molecule has 3 aromatic rings. The number of aromatic nitrogens is 5. The molecule has 18 heavy (non-hydrogen) atoms. The van der Waals surface area contributed by atoms with E-state index in [0.717, 1.165) is 35.8 Å². The number of hydrogen-bond acceptors (Lipinski definition) is 4. The lowest BCUT2D eigenvalue weighted by molar-refractivity contribution is 0.725. The number of hydrogen-bond donors (Lipinski definition) is 2. The molecule has 3 heterocycles. The van der Waals surface area contributed by atoms with E-state index in [1.807, 2.05) is 37.5 Å². The van der Waals surface area contributed by atoms with Crippen LogP contribution in [-0.2, 0) is 6.42 Å². The molecule has 0 radical (unpaired) electrons. The summed E-state index contributed by atoms with van der Waals surface area (Å²) in [7, 11) is 1.92. The van der Waals surface area contributed by atoms with Crippen LogP contribution in [0.4, 0.5) is 0 Å². The van der Waals surface area contributed by atoms with Gasteiger partial charge in [0.1, 0.15) is 5.69 Å². The second-order valence-electron chi connectivity index (χ2n) is 4.04. The first-order valence-electron chi connectivity index (χ1n) is 5.88. The first kappa shape index (κ1) is 10.9. The molecule has 0 saturated carbocycles. The normalized spacial score (nSPS) is 11.2. The third-order valence-electron chi connectivity index (χ3n) is 2.80. The number of rotatable bonds is 4. The van der Waals surface area contributed by atoms with E-state index in [9.17, 15) is 0 Å². The lowest BCUT2D eigenvalue weighted by Gasteiger charge is -2.01. The summed E-state index contributed by atoms with van der Waals surface area (Å²) in [4.78, 5) is 3.14. The van der Waals surface area contributed by atoms with Crippen LogP contribution >= 0.6 is 0 Å². The third-order valence-corrected chi connectivity index (χ3v) is 2.80. The van der Waals surface area contributed by atoms with Gasteiger partial charge in [-0.05, 0) is 31.3 Å². The minimum absolute atomic E-state index is 0.774. The first-order valence-corrected chi connectivity index (χ1v) is 5.88. The molecule has 0 aliphatic heterocycles. The van der Waals surface area contributed by atoms with Gasteiger partial charge in [-0.3, -0.25) is 0 Å². The molecule has 0 spiro atoms. The zero-order chi connectivity index (χ0) is 12.4. The van der Waals surface area contributed by atoms with Crippen LogP contribution in [0.2, 0.25) is 0 Å². The maximum Gasteiger partial charge on any atom is 0.177 e. The van der Waals surface area contributed by atoms with E-state index >= 15 is 0 Å². The summed E-state index contributed by atoms with van der Waals surface area (Å²) in [5.41, 5.74) is 2.65. The van der Waals surface area contributed by atoms with Crippen molar-refractivity contribution in [3.8, 4) is 11.4 Å². The van der Waals surface area contributed by atoms with Crippen molar-refractivity contribution in [3.05, 3.63) is 36.3 Å². The summed E-state index contributed by atoms with van der Waals surface area (Å²) in [5.74, 6) is 0.868. The van der Waals surface area contributed by atoms with Gasteiger partial charge in [0, 0.05) is 19.2 Å². The molecule has 92 valence electrons. The molecule has 0 bridgehead atoms. The van der Waals surface area contributed by atoms with Gasteiger partial charge in [-0.2, -0.15) is 9.61 Å². The molecular weight excluding hydrogens is 228 g/mol. The molecule has 0 fully saturated rings. The van der Waals surface area contributed by atoms with Crippen LogP contribution in [0, 0.1) is 0 Å². The number of fused-ring (bicyclic) bond motifs is 1. The highest BCUT2D eigenvalue weighted by atomic mass is 15.4. The number of nitrogens with one attached hydrogen (secondary N) is 2. The third kappa shape index (κ3) is 1.86. The lowest BCUT2D eigenvalue weighted by Crippen LogP contribution is -2.13. The Morgan fingerprint density at radius 1 is 1.28 bits per heavy atom. The van der Waals surface area contributed by atoms with E-state index < -0.39 is 0 Å². The van der Waals surface area contributed by atoms with E-state index in [2.05, 4.69) is 25.6 Å². The van der Waals surface area contributed by atoms with Crippen molar-refractivity contribution in [3.63, 3.8) is 0 Å². The highest BCUT2D eigenvalue weighted by Crippen LogP contribution is 2.14. The van der Waals surface area contributed by atoms with Gasteiger partial charge in [-0.25, -0.2) is 0 Å². The fourth-order valence-electron chi connectivity index (χ4n) is 1.86. The highest BCUT2D eigenvalue weighted by molar-refractivity contribution is 5.55. The Morgan fingerprint density at radius 3 is 3.00 bits per heavy atom. The Hall–Kier alpha value is -2.21. The Kier molecular flexibility index (Phi) is 2.77. The van der Waals surface area contributed by atoms with Crippen LogP contribution in [0.15, 0.2) is 30.5 Å². The molecule has 0 unspecified atom stereocenters. The van der Waals surface area contributed by atoms with Crippen molar-refractivity contribution >= 4 is 5.65 Å². The van der Waals surface area contributed by atoms with Gasteiger partial charge in [-0.15, -0.1) is 10.2 Å². The van der Waals surface area contributed by atoms with Crippen LogP contribution in [0.5, 0.6) is 0 Å². The first-order chi connectivity index (χ1) is 8.88. The van der Waals surface area contributed by atoms with Crippen LogP contribution in [0.3, 0.4) is 0 Å². The maximum absolute atomic E-state index is 4.56. The van der Waals surface area contributed by atoms with Crippen LogP contribution < -0.4 is 5.32 Å². The van der Waals surface area contributed by atoms with Gasteiger partial charge >= 0.3 is 0 Å². The van der Waals surface area contributed by atoms with Crippen molar-refractivity contribution in [2.24, 2.45) is 0 Å². The van der Waals surface area contributed by atoms with E-state index in [1.54, 1.807) is 4.52 Å². The van der Waals surface area contributed by atoms with Crippen molar-refractivity contribution in [2.45, 2.75) is 6.42 Å². The summed E-state index contributed by atoms with van der Waals surface area (Å²) in [6, 6.07) is 7.82. The second-order valence-corrected chi connectivity index (χ2v) is 4.04. The van der Waals surface area contributed by atoms with E-state index in [4.69, 9.17) is 0 Å². The van der Waals surface area contributed by atoms with Crippen molar-refractivity contribution in [2.75, 3.05) is 13.6 Å². The number of likely N-dealkylation sites (N-methyl/N-ethyl adjacent to an activating group) is 1. The maximum atomic E-state index is 4.56. The molecule has 0 saturated heterocycles. The monoisotopic (exact) mass is 242 g/mol. The number of aromatic amines is 1. The molecule has 0 atom stereocenters. The van der Waals surface area contributed by atoms with Gasteiger partial charge < -0.3 is 10.3 Å². The van der Waals surface area contributed by atoms with Crippen molar-refractivity contribution < 1.29 is 0 Å². The van der Waals surface area contributed by atoms with Crippen LogP contribution in [-0.4, -0.2) is 38.4 Å². The molecule has 6 heteroatoms. The Labute approximate surface area is 104 Å². The Morgan fingerprint density at radius 2 is 2.22 bits per heavy atom. The molecule has 2 N–H and O–H groups in total. The number of H-pyrrole nitrogens is 1. The standard InChI is InChI=1S/C12H14N6/c1-13-8-6-12-16-15-11-5-4-10(17-18(11)12)9-3-2-7-14-9/h2-5,7,13-14H,6,8H2,1H3. The quantitative estimate of drug-likeness (QED) is 0.712. The Bertz CT molecular complexity index is 640. The molecular formula is C12H14N6. The van der Waals surface area contributed by atoms with E-state index in [-0.39, 0.29) is 0 Å². The molecule has 6 nitrogen and oxygen atoms in total. The minimum atomic E-state index is 0.774. The predicted octanol–water partition coefficient (Wildman–Crippen LogP) is 0.881. The molecule has 0 aliphatic carbocycles. The summed E-state index contributed by atoms with van der Waals surface area (Å²) in [6.45, 7) is 0.856. The zero-order valence-corrected chi connectivity index (χ0v) is 10.1. The largest absolute Gasteiger partial charge is 0.360 e. The lowest BCUT2D eigenvalue weighted by atomic mass is 10.3. The molecule has 3 aromatic heterocycles. The average Bonchev–Trinajstić information content (AvgIpc) is 3.05. The van der Waals surface area contributed by atoms with Gasteiger partial charge in [0.25, 0.3) is 0 Å². The Balaban J connectivity index is 2.04. The smallest absolute Gasteiger partial charge is 0.177 e. The van der Waals surface area contributed by atoms with Crippen molar-refractivity contribution in [1.29, 1.82) is 0 Å². The van der Waals surface area contributed by atoms with Gasteiger partial charge in [0.05, 0.1) is 5.69 Å². The zero-order valence-electron chi connectivity index (χ0n) is 10.1. The second kappa shape index (κ2) is 4.58. The van der Waals surface area contributed by atoms with Gasteiger partial charge in [0.2, 0.25) is 0 Å². The summed E-state index contributed by atoms with van der Waals surface area (Å²) in [6.07, 6.45) is 2.69. The van der Waals surface area contributed by atoms with Crippen molar-refractivity contribution in [1.82, 2.24) is 30.1 Å². The fraction of sp³-hybridized carbons (Fsp3) is 0.250. The highest BCUT2D eigenvalue weighted by Gasteiger charge is 2.08. The fourth-order valence-corrected chi connectivity index (χ4v) is 1.86. The van der Waals surface area contributed by atoms with Gasteiger partial charge in [-0.1, -0.05) is 0 Å². The average molecular weight is 242 g/mol. The SMILES string of the molecule is CNCCc1nnc2ccc(-c3ccc[nH]3)nn12. The van der Waals surface area contributed by atoms with E-state index in [0.29, 0.717) is 0 Å². The van der Waals surface area contributed by atoms with Gasteiger partial charge in [0.15, 0.2) is 11.5 Å². The summed E-state index contributed by atoms with van der Waals surface area (Å²) >= 11 is 0. The molecule has 0 aliphatic rings. The molecule has 0 amide bonds. The summed E-state index contributed by atoms with van der Waals surface area (Å²) < 4.78 is 1.80. The molecule has 0 aromatic carbocycles. The topological polar surface area (TPSA) is 70.9 Å². The van der Waals surface area contributed by atoms with Crippen LogP contribution in [0.1, 0.15) is 5.82 Å². The summed E-state index contributed by atoms with van der Waals surface area (Å²) in [5, 5.41) is 15.9.